The second kappa shape index (κ2) is 5.80. The first-order valence-electron chi connectivity index (χ1n) is 7.15. The summed E-state index contributed by atoms with van der Waals surface area (Å²) in [6.45, 7) is 6.98. The lowest BCUT2D eigenvalue weighted by Crippen LogP contribution is -2.43. The summed E-state index contributed by atoms with van der Waals surface area (Å²) in [5.41, 5.74) is 1.10. The molecule has 3 rings (SSSR count). The van der Waals surface area contributed by atoms with Gasteiger partial charge >= 0.3 is 0 Å². The van der Waals surface area contributed by atoms with E-state index in [0.29, 0.717) is 6.10 Å². The Morgan fingerprint density at radius 2 is 2.26 bits per heavy atom. The summed E-state index contributed by atoms with van der Waals surface area (Å²) in [5, 5.41) is 3.45. The Labute approximate surface area is 114 Å². The Hall–Kier alpha value is -1.26. The Bertz CT molecular complexity index is 424. The summed E-state index contributed by atoms with van der Waals surface area (Å²) in [6, 6.07) is 8.14. The zero-order valence-electron chi connectivity index (χ0n) is 11.5. The van der Waals surface area contributed by atoms with Crippen LogP contribution in [0.5, 0.6) is 5.75 Å². The normalized spacial score (nSPS) is 27.8. The lowest BCUT2D eigenvalue weighted by atomic mass is 10.2. The molecule has 4 heteroatoms. The van der Waals surface area contributed by atoms with Crippen LogP contribution in [-0.4, -0.2) is 49.9 Å². The molecule has 1 saturated heterocycles. The van der Waals surface area contributed by atoms with E-state index in [9.17, 15) is 0 Å². The number of nitrogens with one attached hydrogen (secondary N) is 1. The number of nitrogens with zero attached hydrogens (tertiary/aromatic N) is 1. The smallest absolute Gasteiger partial charge is 0.142 e. The van der Waals surface area contributed by atoms with Crippen molar-refractivity contribution in [3.63, 3.8) is 0 Å². The van der Waals surface area contributed by atoms with Crippen LogP contribution in [0.3, 0.4) is 0 Å². The summed E-state index contributed by atoms with van der Waals surface area (Å²) in [5.74, 6) is 0.970. The standard InChI is InChI=1S/C15H22N2O2/c1-12-10-17(7-4-8-18-12)11-13-9-16-14-5-2-3-6-15(14)19-13/h2-3,5-6,12-13,16H,4,7-11H2,1H3. The fraction of sp³-hybridized carbons (Fsp3) is 0.600. The third-order valence-corrected chi connectivity index (χ3v) is 3.70. The molecule has 0 spiro atoms. The van der Waals surface area contributed by atoms with Crippen LogP contribution in [0, 0.1) is 0 Å². The van der Waals surface area contributed by atoms with Crippen molar-refractivity contribution in [2.75, 3.05) is 38.1 Å². The van der Waals surface area contributed by atoms with Gasteiger partial charge in [0.15, 0.2) is 0 Å². The maximum Gasteiger partial charge on any atom is 0.142 e. The second-order valence-electron chi connectivity index (χ2n) is 5.41. The highest BCUT2D eigenvalue weighted by molar-refractivity contribution is 5.57. The molecule has 2 atom stereocenters. The third kappa shape index (κ3) is 3.19. The zero-order chi connectivity index (χ0) is 13.1. The van der Waals surface area contributed by atoms with E-state index < -0.39 is 0 Å². The third-order valence-electron chi connectivity index (χ3n) is 3.70. The number of anilines is 1. The molecule has 2 unspecified atom stereocenters. The number of para-hydroxylation sites is 2. The Morgan fingerprint density at radius 3 is 3.21 bits per heavy atom. The lowest BCUT2D eigenvalue weighted by molar-refractivity contribution is 0.0602. The number of hydrogen-bond acceptors (Lipinski definition) is 4. The van der Waals surface area contributed by atoms with Crippen molar-refractivity contribution in [2.24, 2.45) is 0 Å². The molecule has 0 bridgehead atoms. The highest BCUT2D eigenvalue weighted by atomic mass is 16.5. The molecule has 2 aliphatic rings. The van der Waals surface area contributed by atoms with E-state index in [2.05, 4.69) is 23.2 Å². The number of fused-ring (bicyclic) bond motifs is 1. The van der Waals surface area contributed by atoms with Gasteiger partial charge in [-0.05, 0) is 25.5 Å². The van der Waals surface area contributed by atoms with Crippen LogP contribution in [-0.2, 0) is 4.74 Å². The van der Waals surface area contributed by atoms with Crippen LogP contribution in [0.15, 0.2) is 24.3 Å². The Balaban J connectivity index is 1.59. The van der Waals surface area contributed by atoms with E-state index in [1.807, 2.05) is 18.2 Å². The van der Waals surface area contributed by atoms with Crippen LogP contribution in [0.4, 0.5) is 5.69 Å². The first kappa shape index (κ1) is 12.8. The topological polar surface area (TPSA) is 33.7 Å². The molecule has 1 N–H and O–H groups in total. The van der Waals surface area contributed by atoms with Gasteiger partial charge in [-0.25, -0.2) is 0 Å². The van der Waals surface area contributed by atoms with Gasteiger partial charge in [-0.1, -0.05) is 12.1 Å². The Morgan fingerprint density at radius 1 is 1.37 bits per heavy atom. The Kier molecular flexibility index (Phi) is 3.89. The molecule has 0 aliphatic carbocycles. The summed E-state index contributed by atoms with van der Waals surface area (Å²) >= 11 is 0. The largest absolute Gasteiger partial charge is 0.485 e. The molecule has 0 saturated carbocycles. The molecule has 2 aliphatic heterocycles. The molecule has 0 amide bonds. The van der Waals surface area contributed by atoms with Crippen molar-refractivity contribution in [1.82, 2.24) is 4.90 Å². The van der Waals surface area contributed by atoms with Crippen molar-refractivity contribution >= 4 is 5.69 Å². The van der Waals surface area contributed by atoms with Gasteiger partial charge in [0.25, 0.3) is 0 Å². The molecule has 2 heterocycles. The van der Waals surface area contributed by atoms with Gasteiger partial charge in [-0.2, -0.15) is 0 Å². The van der Waals surface area contributed by atoms with Crippen molar-refractivity contribution in [3.05, 3.63) is 24.3 Å². The van der Waals surface area contributed by atoms with Gasteiger partial charge < -0.3 is 14.8 Å². The SMILES string of the molecule is CC1CN(CC2CNc3ccccc3O2)CCCO1. The van der Waals surface area contributed by atoms with E-state index >= 15 is 0 Å². The molecule has 0 aromatic heterocycles. The number of rotatable bonds is 2. The first-order valence-corrected chi connectivity index (χ1v) is 7.15. The maximum atomic E-state index is 6.07. The van der Waals surface area contributed by atoms with E-state index in [1.54, 1.807) is 0 Å². The molecule has 4 nitrogen and oxygen atoms in total. The van der Waals surface area contributed by atoms with E-state index in [4.69, 9.17) is 9.47 Å². The molecule has 19 heavy (non-hydrogen) atoms. The van der Waals surface area contributed by atoms with Gasteiger partial charge in [0.1, 0.15) is 11.9 Å². The number of hydrogen-bond donors (Lipinski definition) is 1. The minimum Gasteiger partial charge on any atom is -0.485 e. The molecule has 1 fully saturated rings. The first-order chi connectivity index (χ1) is 9.31. The van der Waals surface area contributed by atoms with Crippen LogP contribution >= 0.6 is 0 Å². The summed E-state index contributed by atoms with van der Waals surface area (Å²) in [4.78, 5) is 2.46. The molecule has 1 aromatic rings. The fourth-order valence-electron chi connectivity index (χ4n) is 2.80. The van der Waals surface area contributed by atoms with Crippen molar-refractivity contribution < 1.29 is 9.47 Å². The molecular formula is C15H22N2O2. The van der Waals surface area contributed by atoms with Crippen molar-refractivity contribution in [2.45, 2.75) is 25.6 Å². The molecule has 104 valence electrons. The monoisotopic (exact) mass is 262 g/mol. The van der Waals surface area contributed by atoms with Crippen LogP contribution in [0.1, 0.15) is 13.3 Å². The van der Waals surface area contributed by atoms with Gasteiger partial charge in [0.05, 0.1) is 18.3 Å². The minimum absolute atomic E-state index is 0.222. The maximum absolute atomic E-state index is 6.07. The van der Waals surface area contributed by atoms with Crippen LogP contribution in [0.2, 0.25) is 0 Å². The second-order valence-corrected chi connectivity index (χ2v) is 5.41. The highest BCUT2D eigenvalue weighted by Crippen LogP contribution is 2.28. The fourth-order valence-corrected chi connectivity index (χ4v) is 2.80. The highest BCUT2D eigenvalue weighted by Gasteiger charge is 2.23. The average Bonchev–Trinajstić information content (AvgIpc) is 2.63. The van der Waals surface area contributed by atoms with Gasteiger partial charge in [-0.15, -0.1) is 0 Å². The summed E-state index contributed by atoms with van der Waals surface area (Å²) < 4.78 is 11.7. The molecule has 1 aromatic carbocycles. The average molecular weight is 262 g/mol. The summed E-state index contributed by atoms with van der Waals surface area (Å²) in [6.07, 6.45) is 1.66. The quantitative estimate of drug-likeness (QED) is 0.883. The van der Waals surface area contributed by atoms with Crippen molar-refractivity contribution in [3.8, 4) is 5.75 Å². The van der Waals surface area contributed by atoms with Crippen LogP contribution < -0.4 is 10.1 Å². The lowest BCUT2D eigenvalue weighted by Gasteiger charge is -2.31. The van der Waals surface area contributed by atoms with E-state index in [-0.39, 0.29) is 6.10 Å². The van der Waals surface area contributed by atoms with E-state index in [0.717, 1.165) is 50.6 Å². The molecule has 0 radical (unpaired) electrons. The minimum atomic E-state index is 0.222. The van der Waals surface area contributed by atoms with Crippen LogP contribution in [0.25, 0.3) is 0 Å². The number of benzene rings is 1. The zero-order valence-corrected chi connectivity index (χ0v) is 11.5. The molecular weight excluding hydrogens is 240 g/mol. The van der Waals surface area contributed by atoms with E-state index in [1.165, 1.54) is 0 Å². The predicted octanol–water partition coefficient (Wildman–Crippen LogP) is 1.97. The van der Waals surface area contributed by atoms with Gasteiger partial charge in [0.2, 0.25) is 0 Å². The van der Waals surface area contributed by atoms with Gasteiger partial charge in [0, 0.05) is 26.2 Å². The number of ether oxygens (including phenoxy) is 2. The summed E-state index contributed by atoms with van der Waals surface area (Å²) in [7, 11) is 0. The predicted molar refractivity (Wildman–Crippen MR) is 75.8 cm³/mol. The van der Waals surface area contributed by atoms with Crippen molar-refractivity contribution in [1.29, 1.82) is 0 Å². The van der Waals surface area contributed by atoms with Gasteiger partial charge in [-0.3, -0.25) is 4.90 Å².